The molecule has 0 aliphatic carbocycles. The lowest BCUT2D eigenvalue weighted by Gasteiger charge is -2.46. The lowest BCUT2D eigenvalue weighted by Crippen LogP contribution is -2.55. The van der Waals surface area contributed by atoms with Crippen LogP contribution in [-0.4, -0.2) is 33.9 Å². The third-order valence-corrected chi connectivity index (χ3v) is 4.22. The van der Waals surface area contributed by atoms with Gasteiger partial charge in [-0.1, -0.05) is 6.07 Å². The molecule has 100 valence electrons. The van der Waals surface area contributed by atoms with Crippen molar-refractivity contribution in [3.05, 3.63) is 28.2 Å². The van der Waals surface area contributed by atoms with Crippen molar-refractivity contribution < 1.29 is 9.47 Å². The van der Waals surface area contributed by atoms with Crippen LogP contribution in [0, 0.1) is 5.41 Å². The topological polar surface area (TPSA) is 56.5 Å². The fraction of sp³-hybridized carbons (Fsp3) is 0.538. The lowest BCUT2D eigenvalue weighted by molar-refractivity contribution is -0.126. The summed E-state index contributed by atoms with van der Waals surface area (Å²) in [7, 11) is 3.62. The average molecular weight is 315 g/mol. The van der Waals surface area contributed by atoms with E-state index in [0.29, 0.717) is 19.8 Å². The third kappa shape index (κ3) is 2.28. The Kier molecular flexibility index (Phi) is 4.27. The van der Waals surface area contributed by atoms with Gasteiger partial charge in [0.05, 0.1) is 24.8 Å². The summed E-state index contributed by atoms with van der Waals surface area (Å²) in [5.74, 6) is 0.834. The molecule has 3 N–H and O–H groups in total. The van der Waals surface area contributed by atoms with Crippen molar-refractivity contribution >= 4 is 15.9 Å². The first kappa shape index (κ1) is 13.8. The highest BCUT2D eigenvalue weighted by Gasteiger charge is 2.44. The predicted octanol–water partition coefficient (Wildman–Crippen LogP) is 1.69. The van der Waals surface area contributed by atoms with Gasteiger partial charge < -0.3 is 20.5 Å². The van der Waals surface area contributed by atoms with E-state index < -0.39 is 0 Å². The number of methoxy groups -OCH3 is 1. The highest BCUT2D eigenvalue weighted by atomic mass is 79.9. The quantitative estimate of drug-likeness (QED) is 0.868. The van der Waals surface area contributed by atoms with Gasteiger partial charge in [-0.25, -0.2) is 0 Å². The smallest absolute Gasteiger partial charge is 0.133 e. The van der Waals surface area contributed by atoms with Crippen molar-refractivity contribution in [3.63, 3.8) is 0 Å². The molecule has 0 aromatic heterocycles. The van der Waals surface area contributed by atoms with Crippen LogP contribution in [0.25, 0.3) is 0 Å². The summed E-state index contributed by atoms with van der Waals surface area (Å²) in [5, 5.41) is 3.36. The summed E-state index contributed by atoms with van der Waals surface area (Å²) >= 11 is 3.52. The van der Waals surface area contributed by atoms with Gasteiger partial charge in [-0.2, -0.15) is 0 Å². The highest BCUT2D eigenvalue weighted by molar-refractivity contribution is 9.10. The van der Waals surface area contributed by atoms with E-state index >= 15 is 0 Å². The SMILES string of the molecule is CNC(c1ccc(OC)c(Br)c1)C1(CN)COC1. The molecular weight excluding hydrogens is 296 g/mol. The Bertz CT molecular complexity index is 416. The fourth-order valence-electron chi connectivity index (χ4n) is 2.46. The Labute approximate surface area is 116 Å². The van der Waals surface area contributed by atoms with Crippen molar-refractivity contribution in [2.24, 2.45) is 11.1 Å². The monoisotopic (exact) mass is 314 g/mol. The molecule has 1 heterocycles. The molecule has 0 amide bonds. The molecule has 1 aliphatic rings. The second-order valence-corrected chi connectivity index (χ2v) is 5.53. The minimum atomic E-state index is 0.00276. The standard InChI is InChI=1S/C13H19BrN2O2/c1-16-12(13(6-15)7-18-8-13)9-3-4-11(17-2)10(14)5-9/h3-5,12,16H,6-8,15H2,1-2H3. The van der Waals surface area contributed by atoms with Crippen molar-refractivity contribution in [2.45, 2.75) is 6.04 Å². The summed E-state index contributed by atoms with van der Waals surface area (Å²) in [4.78, 5) is 0. The first-order valence-corrected chi connectivity index (χ1v) is 6.74. The molecule has 0 saturated carbocycles. The molecule has 0 radical (unpaired) electrons. The van der Waals surface area contributed by atoms with Crippen LogP contribution in [0.1, 0.15) is 11.6 Å². The zero-order chi connectivity index (χ0) is 13.2. The summed E-state index contributed by atoms with van der Waals surface area (Å²) in [6, 6.07) is 6.31. The Morgan fingerprint density at radius 3 is 2.67 bits per heavy atom. The van der Waals surface area contributed by atoms with Gasteiger partial charge >= 0.3 is 0 Å². The maximum absolute atomic E-state index is 5.92. The van der Waals surface area contributed by atoms with E-state index in [-0.39, 0.29) is 11.5 Å². The van der Waals surface area contributed by atoms with E-state index in [2.05, 4.69) is 33.4 Å². The van der Waals surface area contributed by atoms with Crippen LogP contribution in [-0.2, 0) is 4.74 Å². The summed E-state index contributed by atoms with van der Waals surface area (Å²) in [6.45, 7) is 2.03. The Morgan fingerprint density at radius 2 is 2.28 bits per heavy atom. The number of nitrogens with one attached hydrogen (secondary N) is 1. The van der Waals surface area contributed by atoms with Crippen molar-refractivity contribution in [1.29, 1.82) is 0 Å². The highest BCUT2D eigenvalue weighted by Crippen LogP contribution is 2.41. The lowest BCUT2D eigenvalue weighted by atomic mass is 9.75. The van der Waals surface area contributed by atoms with Crippen LogP contribution in [0.3, 0.4) is 0 Å². The van der Waals surface area contributed by atoms with Crippen molar-refractivity contribution in [3.8, 4) is 5.75 Å². The number of hydrogen-bond acceptors (Lipinski definition) is 4. The molecule has 0 bridgehead atoms. The number of rotatable bonds is 5. The summed E-state index contributed by atoms with van der Waals surface area (Å²) < 4.78 is 11.6. The zero-order valence-electron chi connectivity index (χ0n) is 10.7. The van der Waals surface area contributed by atoms with E-state index in [1.165, 1.54) is 5.56 Å². The van der Waals surface area contributed by atoms with Crippen LogP contribution < -0.4 is 15.8 Å². The van der Waals surface area contributed by atoms with Crippen molar-refractivity contribution in [2.75, 3.05) is 33.9 Å². The van der Waals surface area contributed by atoms with Crippen LogP contribution in [0.15, 0.2) is 22.7 Å². The fourth-order valence-corrected chi connectivity index (χ4v) is 3.01. The predicted molar refractivity (Wildman–Crippen MR) is 74.8 cm³/mol. The minimum Gasteiger partial charge on any atom is -0.496 e. The van der Waals surface area contributed by atoms with Gasteiger partial charge in [0.2, 0.25) is 0 Å². The molecular formula is C13H19BrN2O2. The normalized spacial score (nSPS) is 19.1. The van der Waals surface area contributed by atoms with Crippen LogP contribution in [0.2, 0.25) is 0 Å². The molecule has 0 spiro atoms. The minimum absolute atomic E-state index is 0.00276. The molecule has 1 unspecified atom stereocenters. The third-order valence-electron chi connectivity index (χ3n) is 3.60. The maximum atomic E-state index is 5.92. The molecule has 1 atom stereocenters. The molecule has 5 heteroatoms. The molecule has 4 nitrogen and oxygen atoms in total. The molecule has 1 aromatic rings. The Balaban J connectivity index is 2.30. The largest absolute Gasteiger partial charge is 0.496 e. The molecule has 1 fully saturated rings. The van der Waals surface area contributed by atoms with E-state index in [0.717, 1.165) is 10.2 Å². The Morgan fingerprint density at radius 1 is 1.56 bits per heavy atom. The van der Waals surface area contributed by atoms with Crippen LogP contribution in [0.5, 0.6) is 5.75 Å². The molecule has 1 saturated heterocycles. The van der Waals surface area contributed by atoms with E-state index in [4.69, 9.17) is 15.2 Å². The van der Waals surface area contributed by atoms with E-state index in [9.17, 15) is 0 Å². The number of benzene rings is 1. The first-order chi connectivity index (χ1) is 8.66. The van der Waals surface area contributed by atoms with E-state index in [1.807, 2.05) is 13.1 Å². The second-order valence-electron chi connectivity index (χ2n) is 4.67. The molecule has 2 rings (SSSR count). The number of hydrogen-bond donors (Lipinski definition) is 2. The van der Waals surface area contributed by atoms with Gasteiger partial charge in [-0.3, -0.25) is 0 Å². The number of ether oxygens (including phenoxy) is 2. The van der Waals surface area contributed by atoms with Crippen LogP contribution in [0.4, 0.5) is 0 Å². The number of nitrogens with two attached hydrogens (primary N) is 1. The van der Waals surface area contributed by atoms with Gasteiger partial charge in [0.15, 0.2) is 0 Å². The average Bonchev–Trinajstić information content (AvgIpc) is 2.33. The molecule has 1 aromatic carbocycles. The maximum Gasteiger partial charge on any atom is 0.133 e. The van der Waals surface area contributed by atoms with Gasteiger partial charge in [-0.15, -0.1) is 0 Å². The molecule has 1 aliphatic heterocycles. The van der Waals surface area contributed by atoms with Crippen molar-refractivity contribution in [1.82, 2.24) is 5.32 Å². The zero-order valence-corrected chi connectivity index (χ0v) is 12.3. The summed E-state index contributed by atoms with van der Waals surface area (Å²) in [6.07, 6.45) is 0. The molecule has 18 heavy (non-hydrogen) atoms. The second kappa shape index (κ2) is 5.57. The first-order valence-electron chi connectivity index (χ1n) is 5.95. The van der Waals surface area contributed by atoms with Gasteiger partial charge in [0, 0.05) is 18.0 Å². The van der Waals surface area contributed by atoms with E-state index in [1.54, 1.807) is 7.11 Å². The van der Waals surface area contributed by atoms with Crippen LogP contribution >= 0.6 is 15.9 Å². The van der Waals surface area contributed by atoms with Gasteiger partial charge in [0.25, 0.3) is 0 Å². The number of halogens is 1. The van der Waals surface area contributed by atoms with Gasteiger partial charge in [0.1, 0.15) is 5.75 Å². The Hall–Kier alpha value is -0.620. The summed E-state index contributed by atoms with van der Waals surface area (Å²) in [5.41, 5.74) is 7.12. The van der Waals surface area contributed by atoms with Gasteiger partial charge in [-0.05, 0) is 40.7 Å².